The van der Waals surface area contributed by atoms with Crippen molar-refractivity contribution in [3.8, 4) is 5.75 Å². The Bertz CT molecular complexity index is 924. The van der Waals surface area contributed by atoms with Crippen LogP contribution in [0.2, 0.25) is 0 Å². The number of carbonyl (C=O) groups is 1. The van der Waals surface area contributed by atoms with Crippen molar-refractivity contribution < 1.29 is 40.6 Å². The van der Waals surface area contributed by atoms with Crippen LogP contribution in [0.5, 0.6) is 5.75 Å². The Labute approximate surface area is 173 Å². The molecule has 0 unspecified atom stereocenters. The van der Waals surface area contributed by atoms with Gasteiger partial charge in [0.15, 0.2) is 6.61 Å². The van der Waals surface area contributed by atoms with Crippen LogP contribution in [0.4, 0.5) is 37.7 Å². The van der Waals surface area contributed by atoms with E-state index < -0.39 is 36.0 Å². The monoisotopic (exact) mass is 448 g/mol. The first-order chi connectivity index (χ1) is 14.5. The average molecular weight is 448 g/mol. The fourth-order valence-electron chi connectivity index (χ4n) is 2.99. The summed E-state index contributed by atoms with van der Waals surface area (Å²) in [5.74, 6) is -1.01. The number of anilines is 2. The van der Waals surface area contributed by atoms with Gasteiger partial charge in [0.25, 0.3) is 5.91 Å². The quantitative estimate of drug-likeness (QED) is 0.681. The molecule has 168 valence electrons. The van der Waals surface area contributed by atoms with E-state index >= 15 is 0 Å². The number of ether oxygens (including phenoxy) is 2. The van der Waals surface area contributed by atoms with Crippen LogP contribution in [0, 0.1) is 0 Å². The SMILES string of the molecule is O=C(COc1cccc(C(F)(F)F)c1)Nc1cc(C(F)(F)F)ccc1N1CCOCC1. The standard InChI is InChI=1S/C20H18F6N2O3/c21-19(22,23)13-2-1-3-15(10-13)31-12-18(29)27-16-11-14(20(24,25)26)4-5-17(16)28-6-8-30-9-7-28/h1-5,10-11H,6-9,12H2,(H,27,29). The van der Waals surface area contributed by atoms with Gasteiger partial charge < -0.3 is 19.7 Å². The number of morpholine rings is 1. The van der Waals surface area contributed by atoms with E-state index in [0.717, 1.165) is 30.3 Å². The summed E-state index contributed by atoms with van der Waals surface area (Å²) < 4.78 is 88.0. The molecule has 0 atom stereocenters. The minimum Gasteiger partial charge on any atom is -0.484 e. The Kier molecular flexibility index (Phi) is 6.63. The number of alkyl halides is 6. The third-order valence-electron chi connectivity index (χ3n) is 4.48. The third-order valence-corrected chi connectivity index (χ3v) is 4.48. The molecule has 1 heterocycles. The first-order valence-electron chi connectivity index (χ1n) is 9.18. The second-order valence-electron chi connectivity index (χ2n) is 6.69. The third kappa shape index (κ3) is 6.03. The molecule has 1 amide bonds. The van der Waals surface area contributed by atoms with Crippen LogP contribution in [0.15, 0.2) is 42.5 Å². The van der Waals surface area contributed by atoms with Crippen LogP contribution < -0.4 is 15.0 Å². The number of hydrogen-bond acceptors (Lipinski definition) is 4. The second-order valence-corrected chi connectivity index (χ2v) is 6.69. The molecule has 0 aliphatic carbocycles. The molecule has 3 rings (SSSR count). The normalized spacial score (nSPS) is 15.0. The summed E-state index contributed by atoms with van der Waals surface area (Å²) in [6.45, 7) is 0.935. The molecule has 0 aromatic heterocycles. The smallest absolute Gasteiger partial charge is 0.416 e. The van der Waals surface area contributed by atoms with E-state index in [1.165, 1.54) is 12.1 Å². The second kappa shape index (κ2) is 9.04. The zero-order valence-electron chi connectivity index (χ0n) is 16.0. The van der Waals surface area contributed by atoms with Crippen molar-refractivity contribution in [3.63, 3.8) is 0 Å². The molecule has 1 fully saturated rings. The maximum absolute atomic E-state index is 13.1. The lowest BCUT2D eigenvalue weighted by atomic mass is 10.1. The molecule has 1 aliphatic rings. The summed E-state index contributed by atoms with van der Waals surface area (Å²) in [6.07, 6.45) is -9.19. The lowest BCUT2D eigenvalue weighted by molar-refractivity contribution is -0.138. The summed E-state index contributed by atoms with van der Waals surface area (Å²) in [5, 5.41) is 2.37. The number of rotatable bonds is 5. The summed E-state index contributed by atoms with van der Waals surface area (Å²) in [4.78, 5) is 14.1. The molecule has 2 aromatic carbocycles. The predicted octanol–water partition coefficient (Wildman–Crippen LogP) is 4.58. The topological polar surface area (TPSA) is 50.8 Å². The van der Waals surface area contributed by atoms with Crippen molar-refractivity contribution in [2.24, 2.45) is 0 Å². The molecule has 11 heteroatoms. The molecular formula is C20H18F6N2O3. The highest BCUT2D eigenvalue weighted by atomic mass is 19.4. The molecule has 5 nitrogen and oxygen atoms in total. The van der Waals surface area contributed by atoms with Gasteiger partial charge in [0.05, 0.1) is 35.7 Å². The summed E-state index contributed by atoms with van der Waals surface area (Å²) >= 11 is 0. The van der Waals surface area contributed by atoms with E-state index in [4.69, 9.17) is 9.47 Å². The highest BCUT2D eigenvalue weighted by Gasteiger charge is 2.32. The lowest BCUT2D eigenvalue weighted by Crippen LogP contribution is -2.37. The van der Waals surface area contributed by atoms with E-state index in [1.807, 2.05) is 0 Å². The zero-order valence-corrected chi connectivity index (χ0v) is 16.0. The fraction of sp³-hybridized carbons (Fsp3) is 0.350. The van der Waals surface area contributed by atoms with Gasteiger partial charge in [0, 0.05) is 13.1 Å². The maximum atomic E-state index is 13.1. The van der Waals surface area contributed by atoms with Crippen molar-refractivity contribution in [2.75, 3.05) is 43.1 Å². The first-order valence-corrected chi connectivity index (χ1v) is 9.18. The molecule has 0 spiro atoms. The van der Waals surface area contributed by atoms with Crippen molar-refractivity contribution >= 4 is 17.3 Å². The molecule has 0 bridgehead atoms. The van der Waals surface area contributed by atoms with Crippen molar-refractivity contribution in [3.05, 3.63) is 53.6 Å². The lowest BCUT2D eigenvalue weighted by Gasteiger charge is -2.31. The molecule has 0 radical (unpaired) electrons. The molecule has 2 aromatic rings. The van der Waals surface area contributed by atoms with E-state index in [1.54, 1.807) is 4.90 Å². The molecule has 1 N–H and O–H groups in total. The number of nitrogens with one attached hydrogen (secondary N) is 1. The van der Waals surface area contributed by atoms with Gasteiger partial charge in [-0.2, -0.15) is 26.3 Å². The van der Waals surface area contributed by atoms with Crippen LogP contribution >= 0.6 is 0 Å². The van der Waals surface area contributed by atoms with Gasteiger partial charge in [0.1, 0.15) is 5.75 Å². The Morgan fingerprint density at radius 3 is 2.26 bits per heavy atom. The number of benzene rings is 2. The van der Waals surface area contributed by atoms with Gasteiger partial charge >= 0.3 is 12.4 Å². The molecule has 1 saturated heterocycles. The zero-order chi connectivity index (χ0) is 22.6. The van der Waals surface area contributed by atoms with Gasteiger partial charge in [-0.05, 0) is 36.4 Å². The highest BCUT2D eigenvalue weighted by Crippen LogP contribution is 2.36. The molecule has 1 aliphatic heterocycles. The van der Waals surface area contributed by atoms with Crippen LogP contribution in [0.3, 0.4) is 0 Å². The molecule has 0 saturated carbocycles. The summed E-state index contributed by atoms with van der Waals surface area (Å²) in [6, 6.07) is 6.94. The Morgan fingerprint density at radius 2 is 1.61 bits per heavy atom. The summed E-state index contributed by atoms with van der Waals surface area (Å²) in [7, 11) is 0. The number of carbonyl (C=O) groups excluding carboxylic acids is 1. The van der Waals surface area contributed by atoms with Crippen LogP contribution in [0.1, 0.15) is 11.1 Å². The fourth-order valence-corrected chi connectivity index (χ4v) is 2.99. The molecular weight excluding hydrogens is 430 g/mol. The number of hydrogen-bond donors (Lipinski definition) is 1. The number of halogens is 6. The van der Waals surface area contributed by atoms with Crippen molar-refractivity contribution in [1.29, 1.82) is 0 Å². The number of amides is 1. The largest absolute Gasteiger partial charge is 0.484 e. The van der Waals surface area contributed by atoms with E-state index in [-0.39, 0.29) is 11.4 Å². The maximum Gasteiger partial charge on any atom is 0.416 e. The average Bonchev–Trinajstić information content (AvgIpc) is 2.72. The van der Waals surface area contributed by atoms with Gasteiger partial charge in [-0.1, -0.05) is 6.07 Å². The van der Waals surface area contributed by atoms with Crippen molar-refractivity contribution in [1.82, 2.24) is 0 Å². The predicted molar refractivity (Wildman–Crippen MR) is 100 cm³/mol. The minimum absolute atomic E-state index is 0.0747. The first kappa shape index (κ1) is 22.7. The Balaban J connectivity index is 1.74. The van der Waals surface area contributed by atoms with Crippen LogP contribution in [0.25, 0.3) is 0 Å². The van der Waals surface area contributed by atoms with Crippen LogP contribution in [-0.2, 0) is 21.9 Å². The van der Waals surface area contributed by atoms with E-state index in [2.05, 4.69) is 5.32 Å². The van der Waals surface area contributed by atoms with Gasteiger partial charge in [-0.3, -0.25) is 4.79 Å². The molecule has 31 heavy (non-hydrogen) atoms. The van der Waals surface area contributed by atoms with E-state index in [0.29, 0.717) is 32.0 Å². The number of nitrogens with zero attached hydrogens (tertiary/aromatic N) is 1. The van der Waals surface area contributed by atoms with Gasteiger partial charge in [-0.15, -0.1) is 0 Å². The minimum atomic E-state index is -4.61. The Morgan fingerprint density at radius 1 is 0.968 bits per heavy atom. The van der Waals surface area contributed by atoms with Crippen LogP contribution in [-0.4, -0.2) is 38.8 Å². The Hall–Kier alpha value is -2.95. The van der Waals surface area contributed by atoms with E-state index in [9.17, 15) is 31.1 Å². The van der Waals surface area contributed by atoms with Gasteiger partial charge in [0.2, 0.25) is 0 Å². The summed E-state index contributed by atoms with van der Waals surface area (Å²) in [5.41, 5.74) is -1.59. The highest BCUT2D eigenvalue weighted by molar-refractivity contribution is 5.95. The van der Waals surface area contributed by atoms with Gasteiger partial charge in [-0.25, -0.2) is 0 Å². The van der Waals surface area contributed by atoms with Crippen molar-refractivity contribution in [2.45, 2.75) is 12.4 Å².